The van der Waals surface area contributed by atoms with Gasteiger partial charge in [-0.2, -0.15) is 0 Å². The SMILES string of the molecule is CC1(C)CC1NC(=O)CCCCO. The fraction of sp³-hybridized carbons (Fsp3) is 0.900. The van der Waals surface area contributed by atoms with Crippen molar-refractivity contribution in [2.75, 3.05) is 6.61 Å². The maximum absolute atomic E-state index is 11.3. The molecule has 0 aromatic heterocycles. The Bertz CT molecular complexity index is 189. The first kappa shape index (κ1) is 10.5. The predicted molar refractivity (Wildman–Crippen MR) is 51.3 cm³/mol. The minimum Gasteiger partial charge on any atom is -0.396 e. The molecular formula is C10H19NO2. The lowest BCUT2D eigenvalue weighted by atomic mass is 10.2. The van der Waals surface area contributed by atoms with E-state index in [1.807, 2.05) is 0 Å². The Morgan fingerprint density at radius 1 is 1.54 bits per heavy atom. The van der Waals surface area contributed by atoms with Crippen LogP contribution in [0.15, 0.2) is 0 Å². The number of amides is 1. The van der Waals surface area contributed by atoms with Crippen LogP contribution in [0.3, 0.4) is 0 Å². The second-order valence-electron chi connectivity index (χ2n) is 4.49. The summed E-state index contributed by atoms with van der Waals surface area (Å²) in [6, 6.07) is 0.383. The number of hydrogen-bond donors (Lipinski definition) is 2. The van der Waals surface area contributed by atoms with Crippen molar-refractivity contribution >= 4 is 5.91 Å². The van der Waals surface area contributed by atoms with Gasteiger partial charge in [0.2, 0.25) is 5.91 Å². The van der Waals surface area contributed by atoms with E-state index in [1.54, 1.807) is 0 Å². The Kier molecular flexibility index (Phi) is 3.31. The number of nitrogens with one attached hydrogen (secondary N) is 1. The van der Waals surface area contributed by atoms with Crippen molar-refractivity contribution < 1.29 is 9.90 Å². The molecular weight excluding hydrogens is 166 g/mol. The van der Waals surface area contributed by atoms with Crippen LogP contribution in [0.25, 0.3) is 0 Å². The van der Waals surface area contributed by atoms with Crippen LogP contribution in [0.2, 0.25) is 0 Å². The average molecular weight is 185 g/mol. The Morgan fingerprint density at radius 3 is 2.62 bits per heavy atom. The Morgan fingerprint density at radius 2 is 2.15 bits per heavy atom. The molecule has 2 N–H and O–H groups in total. The van der Waals surface area contributed by atoms with Crippen LogP contribution in [-0.2, 0) is 4.79 Å². The van der Waals surface area contributed by atoms with Crippen molar-refractivity contribution in [2.45, 2.75) is 45.6 Å². The number of unbranched alkanes of at least 4 members (excludes halogenated alkanes) is 1. The molecule has 1 aliphatic rings. The van der Waals surface area contributed by atoms with Crippen LogP contribution in [-0.4, -0.2) is 23.7 Å². The number of carbonyl (C=O) groups excluding carboxylic acids is 1. The van der Waals surface area contributed by atoms with Gasteiger partial charge >= 0.3 is 0 Å². The van der Waals surface area contributed by atoms with Crippen LogP contribution in [0.4, 0.5) is 0 Å². The minimum atomic E-state index is 0.129. The van der Waals surface area contributed by atoms with E-state index >= 15 is 0 Å². The van der Waals surface area contributed by atoms with Crippen molar-refractivity contribution in [1.29, 1.82) is 0 Å². The molecule has 3 heteroatoms. The van der Waals surface area contributed by atoms with Crippen LogP contribution in [0, 0.1) is 5.41 Å². The summed E-state index contributed by atoms with van der Waals surface area (Å²) in [6.07, 6.45) is 3.16. The second-order valence-corrected chi connectivity index (χ2v) is 4.49. The maximum Gasteiger partial charge on any atom is 0.220 e. The molecule has 0 heterocycles. The molecule has 1 fully saturated rings. The van der Waals surface area contributed by atoms with Gasteiger partial charge in [0, 0.05) is 19.1 Å². The van der Waals surface area contributed by atoms with Crippen molar-refractivity contribution in [2.24, 2.45) is 5.41 Å². The number of aliphatic hydroxyl groups excluding tert-OH is 1. The normalized spacial score (nSPS) is 24.1. The van der Waals surface area contributed by atoms with E-state index in [9.17, 15) is 4.79 Å². The molecule has 0 aromatic carbocycles. The van der Waals surface area contributed by atoms with Gasteiger partial charge in [-0.05, 0) is 24.7 Å². The smallest absolute Gasteiger partial charge is 0.220 e. The Labute approximate surface area is 79.5 Å². The van der Waals surface area contributed by atoms with E-state index in [2.05, 4.69) is 19.2 Å². The summed E-state index contributed by atoms with van der Waals surface area (Å²) >= 11 is 0. The summed E-state index contributed by atoms with van der Waals surface area (Å²) in [7, 11) is 0. The Hall–Kier alpha value is -0.570. The van der Waals surface area contributed by atoms with Gasteiger partial charge in [-0.1, -0.05) is 13.8 Å². The molecule has 76 valence electrons. The first-order chi connectivity index (χ1) is 6.06. The summed E-state index contributed by atoms with van der Waals surface area (Å²) in [6.45, 7) is 4.50. The third kappa shape index (κ3) is 3.35. The van der Waals surface area contributed by atoms with Gasteiger partial charge in [0.05, 0.1) is 0 Å². The fourth-order valence-corrected chi connectivity index (χ4v) is 1.38. The largest absolute Gasteiger partial charge is 0.396 e. The lowest BCUT2D eigenvalue weighted by Gasteiger charge is -2.05. The first-order valence-electron chi connectivity index (χ1n) is 4.96. The van der Waals surface area contributed by atoms with E-state index in [0.717, 1.165) is 19.3 Å². The highest BCUT2D eigenvalue weighted by Gasteiger charge is 2.46. The van der Waals surface area contributed by atoms with Gasteiger partial charge in [0.1, 0.15) is 0 Å². The van der Waals surface area contributed by atoms with Crippen molar-refractivity contribution in [1.82, 2.24) is 5.32 Å². The third-order valence-corrected chi connectivity index (χ3v) is 2.66. The molecule has 1 rings (SSSR count). The minimum absolute atomic E-state index is 0.129. The van der Waals surface area contributed by atoms with E-state index in [-0.39, 0.29) is 12.5 Å². The summed E-state index contributed by atoms with van der Waals surface area (Å²) in [5.41, 5.74) is 0.312. The van der Waals surface area contributed by atoms with Gasteiger partial charge in [-0.25, -0.2) is 0 Å². The van der Waals surface area contributed by atoms with Gasteiger partial charge in [0.15, 0.2) is 0 Å². The molecule has 0 aliphatic heterocycles. The molecule has 0 bridgehead atoms. The average Bonchev–Trinajstić information content (AvgIpc) is 2.59. The number of carbonyl (C=O) groups is 1. The van der Waals surface area contributed by atoms with Gasteiger partial charge in [-0.15, -0.1) is 0 Å². The van der Waals surface area contributed by atoms with Crippen LogP contribution in [0.5, 0.6) is 0 Å². The lowest BCUT2D eigenvalue weighted by molar-refractivity contribution is -0.121. The highest BCUT2D eigenvalue weighted by atomic mass is 16.2. The quantitative estimate of drug-likeness (QED) is 0.629. The van der Waals surface area contributed by atoms with Crippen molar-refractivity contribution in [3.8, 4) is 0 Å². The summed E-state index contributed by atoms with van der Waals surface area (Å²) in [5.74, 6) is 0.129. The van der Waals surface area contributed by atoms with Crippen LogP contribution >= 0.6 is 0 Å². The summed E-state index contributed by atoms with van der Waals surface area (Å²) < 4.78 is 0. The molecule has 0 radical (unpaired) electrons. The lowest BCUT2D eigenvalue weighted by Crippen LogP contribution is -2.28. The zero-order valence-electron chi connectivity index (χ0n) is 8.47. The van der Waals surface area contributed by atoms with Crippen LogP contribution in [0.1, 0.15) is 39.5 Å². The van der Waals surface area contributed by atoms with Gasteiger partial charge in [-0.3, -0.25) is 4.79 Å². The van der Waals surface area contributed by atoms with E-state index in [0.29, 0.717) is 17.9 Å². The summed E-state index contributed by atoms with van der Waals surface area (Å²) in [5, 5.41) is 11.5. The topological polar surface area (TPSA) is 49.3 Å². The molecule has 0 spiro atoms. The molecule has 1 unspecified atom stereocenters. The first-order valence-corrected chi connectivity index (χ1v) is 4.96. The molecule has 0 aromatic rings. The fourth-order valence-electron chi connectivity index (χ4n) is 1.38. The van der Waals surface area contributed by atoms with Gasteiger partial charge in [0.25, 0.3) is 0 Å². The monoisotopic (exact) mass is 185 g/mol. The third-order valence-electron chi connectivity index (χ3n) is 2.66. The maximum atomic E-state index is 11.3. The highest BCUT2D eigenvalue weighted by Crippen LogP contribution is 2.44. The molecule has 1 atom stereocenters. The van der Waals surface area contributed by atoms with Crippen molar-refractivity contribution in [3.05, 3.63) is 0 Å². The van der Waals surface area contributed by atoms with Crippen molar-refractivity contribution in [3.63, 3.8) is 0 Å². The van der Waals surface area contributed by atoms with Gasteiger partial charge < -0.3 is 10.4 Å². The van der Waals surface area contributed by atoms with E-state index in [1.165, 1.54) is 0 Å². The molecule has 1 amide bonds. The highest BCUT2D eigenvalue weighted by molar-refractivity contribution is 5.76. The molecule has 13 heavy (non-hydrogen) atoms. The standard InChI is InChI=1S/C10H19NO2/c1-10(2)7-8(10)11-9(13)5-3-4-6-12/h8,12H,3-7H2,1-2H3,(H,11,13). The van der Waals surface area contributed by atoms with E-state index in [4.69, 9.17) is 5.11 Å². The Balaban J connectivity index is 2.06. The van der Waals surface area contributed by atoms with E-state index < -0.39 is 0 Å². The molecule has 0 saturated heterocycles. The molecule has 1 aliphatic carbocycles. The second kappa shape index (κ2) is 4.09. The van der Waals surface area contributed by atoms with Crippen LogP contribution < -0.4 is 5.32 Å². The molecule has 3 nitrogen and oxygen atoms in total. The summed E-state index contributed by atoms with van der Waals surface area (Å²) in [4.78, 5) is 11.3. The number of rotatable bonds is 5. The predicted octanol–water partition coefficient (Wildman–Crippen LogP) is 1.06. The molecule has 1 saturated carbocycles. The number of hydrogen-bond acceptors (Lipinski definition) is 2. The zero-order chi connectivity index (χ0) is 9.90. The number of aliphatic hydroxyl groups is 1. The zero-order valence-corrected chi connectivity index (χ0v) is 8.47.